The number of ether oxygens (including phenoxy) is 1. The number of halogens is 1. The van der Waals surface area contributed by atoms with E-state index in [2.05, 4.69) is 20.5 Å². The summed E-state index contributed by atoms with van der Waals surface area (Å²) in [4.78, 5) is 24.8. The van der Waals surface area contributed by atoms with Crippen LogP contribution in [0.5, 0.6) is 5.75 Å². The lowest BCUT2D eigenvalue weighted by Gasteiger charge is -2.26. The molecule has 3 aliphatic rings. The van der Waals surface area contributed by atoms with E-state index in [1.54, 1.807) is 13.3 Å². The summed E-state index contributed by atoms with van der Waals surface area (Å²) in [5.74, 6) is 1.61. The molecular formula is C25H32ClN5O3. The van der Waals surface area contributed by atoms with E-state index in [-0.39, 0.29) is 18.1 Å². The summed E-state index contributed by atoms with van der Waals surface area (Å²) in [7, 11) is 1.59. The molecular weight excluding hydrogens is 454 g/mol. The molecule has 1 aliphatic heterocycles. The monoisotopic (exact) mass is 485 g/mol. The third kappa shape index (κ3) is 5.08. The Labute approximate surface area is 205 Å². The number of hydrogen-bond donors (Lipinski definition) is 3. The minimum Gasteiger partial charge on any atom is -0.495 e. The average Bonchev–Trinajstić information content (AvgIpc) is 3.47. The van der Waals surface area contributed by atoms with Crippen LogP contribution >= 0.6 is 11.6 Å². The highest BCUT2D eigenvalue weighted by atomic mass is 35.5. The number of aliphatic hydroxyl groups is 1. The molecule has 1 amide bonds. The molecule has 1 spiro atoms. The van der Waals surface area contributed by atoms with Crippen LogP contribution in [0.15, 0.2) is 24.4 Å². The lowest BCUT2D eigenvalue weighted by Crippen LogP contribution is -2.39. The predicted molar refractivity (Wildman–Crippen MR) is 132 cm³/mol. The third-order valence-electron chi connectivity index (χ3n) is 7.41. The Balaban J connectivity index is 1.34. The number of amides is 1. The van der Waals surface area contributed by atoms with Crippen molar-refractivity contribution in [2.45, 2.75) is 63.6 Å². The zero-order valence-corrected chi connectivity index (χ0v) is 20.3. The van der Waals surface area contributed by atoms with E-state index in [0.29, 0.717) is 52.9 Å². The van der Waals surface area contributed by atoms with Gasteiger partial charge < -0.3 is 25.4 Å². The number of nitrogens with one attached hydrogen (secondary N) is 2. The van der Waals surface area contributed by atoms with E-state index in [0.717, 1.165) is 31.5 Å². The molecule has 1 saturated heterocycles. The fourth-order valence-electron chi connectivity index (χ4n) is 5.01. The Morgan fingerprint density at radius 3 is 2.74 bits per heavy atom. The minimum atomic E-state index is -0.264. The van der Waals surface area contributed by atoms with Gasteiger partial charge in [-0.1, -0.05) is 17.7 Å². The van der Waals surface area contributed by atoms with Gasteiger partial charge >= 0.3 is 0 Å². The predicted octanol–water partition coefficient (Wildman–Crippen LogP) is 3.77. The van der Waals surface area contributed by atoms with Crippen molar-refractivity contribution in [3.63, 3.8) is 0 Å². The molecule has 3 fully saturated rings. The molecule has 0 bridgehead atoms. The van der Waals surface area contributed by atoms with Crippen molar-refractivity contribution in [1.29, 1.82) is 0 Å². The van der Waals surface area contributed by atoms with Gasteiger partial charge in [0.05, 0.1) is 18.2 Å². The van der Waals surface area contributed by atoms with Crippen LogP contribution in [0.1, 0.15) is 60.9 Å². The number of carbonyl (C=O) groups is 1. The first-order valence-corrected chi connectivity index (χ1v) is 12.5. The molecule has 2 aromatic rings. The van der Waals surface area contributed by atoms with E-state index in [9.17, 15) is 9.90 Å². The van der Waals surface area contributed by atoms with Crippen LogP contribution in [-0.4, -0.2) is 53.3 Å². The van der Waals surface area contributed by atoms with Crippen LogP contribution in [0.4, 0.5) is 11.8 Å². The van der Waals surface area contributed by atoms with E-state index < -0.39 is 0 Å². The number of anilines is 2. The van der Waals surface area contributed by atoms with Gasteiger partial charge in [-0.2, -0.15) is 4.98 Å². The van der Waals surface area contributed by atoms with Crippen LogP contribution in [-0.2, 0) is 6.54 Å². The Hall–Kier alpha value is -2.58. The molecule has 3 N–H and O–H groups in total. The highest BCUT2D eigenvalue weighted by Crippen LogP contribution is 2.53. The molecule has 0 unspecified atom stereocenters. The maximum Gasteiger partial charge on any atom is 0.256 e. The normalized spacial score (nSPS) is 23.1. The largest absolute Gasteiger partial charge is 0.495 e. The SMILES string of the molecule is COc1ccc(CNc2nc(N3CCC4(CC4)C3)ncc2C(=O)N[C@H]2CC[C@@H](O)CC2)cc1Cl. The van der Waals surface area contributed by atoms with Crippen molar-refractivity contribution in [3.8, 4) is 5.75 Å². The summed E-state index contributed by atoms with van der Waals surface area (Å²) in [5, 5.41) is 16.8. The topological polar surface area (TPSA) is 99.6 Å². The maximum atomic E-state index is 13.2. The first kappa shape index (κ1) is 23.2. The zero-order valence-electron chi connectivity index (χ0n) is 19.5. The van der Waals surface area contributed by atoms with E-state index >= 15 is 0 Å². The van der Waals surface area contributed by atoms with Gasteiger partial charge in [0, 0.05) is 31.9 Å². The quantitative estimate of drug-likeness (QED) is 0.548. The van der Waals surface area contributed by atoms with E-state index in [1.165, 1.54) is 19.3 Å². The van der Waals surface area contributed by atoms with Gasteiger partial charge in [-0.25, -0.2) is 4.98 Å². The van der Waals surface area contributed by atoms with Gasteiger partial charge in [0.1, 0.15) is 17.1 Å². The fraction of sp³-hybridized carbons (Fsp3) is 0.560. The molecule has 2 aliphatic carbocycles. The van der Waals surface area contributed by atoms with Crippen LogP contribution in [0.2, 0.25) is 5.02 Å². The molecule has 34 heavy (non-hydrogen) atoms. The molecule has 9 heteroatoms. The third-order valence-corrected chi connectivity index (χ3v) is 7.70. The Morgan fingerprint density at radius 1 is 1.26 bits per heavy atom. The Morgan fingerprint density at radius 2 is 2.06 bits per heavy atom. The molecule has 0 radical (unpaired) electrons. The molecule has 2 heterocycles. The van der Waals surface area contributed by atoms with Gasteiger partial charge in [-0.3, -0.25) is 4.79 Å². The molecule has 2 saturated carbocycles. The Kier molecular flexibility index (Phi) is 6.53. The highest BCUT2D eigenvalue weighted by Gasteiger charge is 2.48. The molecule has 8 nitrogen and oxygen atoms in total. The minimum absolute atomic E-state index is 0.0529. The highest BCUT2D eigenvalue weighted by molar-refractivity contribution is 6.32. The van der Waals surface area contributed by atoms with Gasteiger partial charge in [-0.05, 0) is 68.1 Å². The summed E-state index contributed by atoms with van der Waals surface area (Å²) in [6, 6.07) is 5.66. The average molecular weight is 486 g/mol. The van der Waals surface area contributed by atoms with E-state index in [1.807, 2.05) is 18.2 Å². The van der Waals surface area contributed by atoms with E-state index in [4.69, 9.17) is 21.3 Å². The number of aromatic nitrogens is 2. The van der Waals surface area contributed by atoms with Gasteiger partial charge in [0.15, 0.2) is 0 Å². The van der Waals surface area contributed by atoms with Crippen molar-refractivity contribution in [1.82, 2.24) is 15.3 Å². The van der Waals surface area contributed by atoms with Gasteiger partial charge in [0.2, 0.25) is 5.95 Å². The van der Waals surface area contributed by atoms with Crippen molar-refractivity contribution in [3.05, 3.63) is 40.5 Å². The number of hydrogen-bond acceptors (Lipinski definition) is 7. The number of aliphatic hydroxyl groups excluding tert-OH is 1. The number of methoxy groups -OCH3 is 1. The molecule has 1 aromatic carbocycles. The summed E-state index contributed by atoms with van der Waals surface area (Å²) >= 11 is 6.29. The van der Waals surface area contributed by atoms with Crippen molar-refractivity contribution in [2.75, 3.05) is 30.4 Å². The number of nitrogens with zero attached hydrogens (tertiary/aromatic N) is 3. The van der Waals surface area contributed by atoms with Crippen LogP contribution in [0.3, 0.4) is 0 Å². The summed E-state index contributed by atoms with van der Waals surface area (Å²) < 4.78 is 5.24. The van der Waals surface area contributed by atoms with Crippen molar-refractivity contribution >= 4 is 29.3 Å². The zero-order chi connectivity index (χ0) is 23.7. The molecule has 1 aromatic heterocycles. The molecule has 182 valence electrons. The molecule has 5 rings (SSSR count). The van der Waals surface area contributed by atoms with Crippen molar-refractivity contribution in [2.24, 2.45) is 5.41 Å². The second-order valence-corrected chi connectivity index (χ2v) is 10.3. The molecule has 0 atom stereocenters. The van der Waals surface area contributed by atoms with Crippen LogP contribution < -0.4 is 20.3 Å². The van der Waals surface area contributed by atoms with Gasteiger partial charge in [0.25, 0.3) is 5.91 Å². The first-order chi connectivity index (χ1) is 16.4. The number of benzene rings is 1. The standard InChI is InChI=1S/C25H32ClN5O3/c1-34-21-7-2-16(12-20(21)26)13-27-22-19(23(33)29-17-3-5-18(32)6-4-17)14-28-24(30-22)31-11-10-25(15-31)8-9-25/h2,7,12,14,17-18,32H,3-6,8-11,13,15H2,1H3,(H,29,33)(H,27,28,30)/t17-,18+. The summed E-state index contributed by atoms with van der Waals surface area (Å²) in [6.07, 6.45) is 8.08. The van der Waals surface area contributed by atoms with Crippen LogP contribution in [0, 0.1) is 5.41 Å². The lowest BCUT2D eigenvalue weighted by molar-refractivity contribution is 0.0867. The van der Waals surface area contributed by atoms with Crippen molar-refractivity contribution < 1.29 is 14.6 Å². The summed E-state index contributed by atoms with van der Waals surface area (Å²) in [5.41, 5.74) is 1.84. The maximum absolute atomic E-state index is 13.2. The Bertz CT molecular complexity index is 1050. The number of carbonyl (C=O) groups excluding carboxylic acids is 1. The summed E-state index contributed by atoms with van der Waals surface area (Å²) in [6.45, 7) is 2.39. The second kappa shape index (κ2) is 9.58. The second-order valence-electron chi connectivity index (χ2n) is 9.91. The lowest BCUT2D eigenvalue weighted by atomic mass is 9.93. The first-order valence-electron chi connectivity index (χ1n) is 12.1. The number of rotatable bonds is 7. The van der Waals surface area contributed by atoms with Crippen LogP contribution in [0.25, 0.3) is 0 Å². The van der Waals surface area contributed by atoms with Gasteiger partial charge in [-0.15, -0.1) is 0 Å². The fourth-order valence-corrected chi connectivity index (χ4v) is 5.29. The smallest absolute Gasteiger partial charge is 0.256 e.